The van der Waals surface area contributed by atoms with Crippen molar-refractivity contribution in [2.45, 2.75) is 0 Å². The highest BCUT2D eigenvalue weighted by Crippen LogP contribution is 2.31. The van der Waals surface area contributed by atoms with Gasteiger partial charge in [-0.3, -0.25) is 0 Å². The van der Waals surface area contributed by atoms with Gasteiger partial charge in [0.05, 0.1) is 24.3 Å². The van der Waals surface area contributed by atoms with Crippen LogP contribution in [-0.4, -0.2) is 12.1 Å². The summed E-state index contributed by atoms with van der Waals surface area (Å²) in [7, 11) is 1.60. The van der Waals surface area contributed by atoms with Gasteiger partial charge in [0.25, 0.3) is 0 Å². The second kappa shape index (κ2) is 3.53. The minimum Gasteiger partial charge on any atom is -0.497 e. The average Bonchev–Trinajstić information content (AvgIpc) is 2.75. The molecule has 0 unspecified atom stereocenters. The van der Waals surface area contributed by atoms with Gasteiger partial charge in [0.1, 0.15) is 5.75 Å². The van der Waals surface area contributed by atoms with E-state index in [4.69, 9.17) is 4.74 Å². The highest BCUT2D eigenvalue weighted by molar-refractivity contribution is 6.10. The molecule has 0 aliphatic rings. The Labute approximate surface area is 98.2 Å². The van der Waals surface area contributed by atoms with Crippen molar-refractivity contribution in [3.8, 4) is 11.8 Å². The van der Waals surface area contributed by atoms with E-state index in [-0.39, 0.29) is 0 Å². The fourth-order valence-electron chi connectivity index (χ4n) is 2.17. The Morgan fingerprint density at radius 2 is 2.00 bits per heavy atom. The van der Waals surface area contributed by atoms with Crippen LogP contribution in [0.15, 0.2) is 36.4 Å². The zero-order valence-electron chi connectivity index (χ0n) is 9.32. The zero-order valence-corrected chi connectivity index (χ0v) is 9.32. The fraction of sp³-hybridized carbons (Fsp3) is 0.0714. The van der Waals surface area contributed by atoms with E-state index in [1.165, 1.54) is 0 Å². The Hall–Kier alpha value is -2.47. The summed E-state index contributed by atoms with van der Waals surface area (Å²) in [6, 6.07) is 13.9. The molecule has 3 aromatic rings. The third-order valence-corrected chi connectivity index (χ3v) is 2.93. The van der Waals surface area contributed by atoms with Gasteiger partial charge in [-0.25, -0.2) is 0 Å². The van der Waals surface area contributed by atoms with E-state index in [0.717, 1.165) is 21.8 Å². The first kappa shape index (κ1) is 9.73. The van der Waals surface area contributed by atoms with Gasteiger partial charge in [-0.1, -0.05) is 18.2 Å². The van der Waals surface area contributed by atoms with Gasteiger partial charge in [-0.2, -0.15) is 5.26 Å². The van der Waals surface area contributed by atoms with Gasteiger partial charge in [-0.15, -0.1) is 0 Å². The predicted molar refractivity (Wildman–Crippen MR) is 67.1 cm³/mol. The molecule has 3 rings (SSSR count). The molecule has 0 atom stereocenters. The quantitative estimate of drug-likeness (QED) is 0.687. The maximum absolute atomic E-state index is 9.21. The average molecular weight is 222 g/mol. The number of rotatable bonds is 1. The van der Waals surface area contributed by atoms with Crippen molar-refractivity contribution < 1.29 is 4.74 Å². The number of para-hydroxylation sites is 1. The lowest BCUT2D eigenvalue weighted by molar-refractivity contribution is 0.415. The number of benzene rings is 2. The van der Waals surface area contributed by atoms with Crippen molar-refractivity contribution >= 4 is 21.8 Å². The third-order valence-electron chi connectivity index (χ3n) is 2.93. The molecule has 0 bridgehead atoms. The van der Waals surface area contributed by atoms with E-state index in [1.807, 2.05) is 30.3 Å². The van der Waals surface area contributed by atoms with Crippen LogP contribution in [0.3, 0.4) is 0 Å². The van der Waals surface area contributed by atoms with Gasteiger partial charge in [0.2, 0.25) is 0 Å². The summed E-state index contributed by atoms with van der Waals surface area (Å²) in [6.07, 6.45) is 0. The van der Waals surface area contributed by atoms with Gasteiger partial charge in [0.15, 0.2) is 0 Å². The number of aromatic amines is 1. The molecule has 1 aromatic heterocycles. The summed E-state index contributed by atoms with van der Waals surface area (Å²) in [5.41, 5.74) is 2.60. The summed E-state index contributed by atoms with van der Waals surface area (Å²) in [4.78, 5) is 3.30. The van der Waals surface area contributed by atoms with E-state index in [2.05, 4.69) is 11.1 Å². The van der Waals surface area contributed by atoms with E-state index >= 15 is 0 Å². The fourth-order valence-corrected chi connectivity index (χ4v) is 2.17. The summed E-state index contributed by atoms with van der Waals surface area (Å²) in [5, 5.41) is 11.2. The molecule has 82 valence electrons. The number of hydrogen-bond donors (Lipinski definition) is 1. The number of hydrogen-bond acceptors (Lipinski definition) is 2. The summed E-state index contributed by atoms with van der Waals surface area (Å²) < 4.78 is 5.19. The van der Waals surface area contributed by atoms with Crippen molar-refractivity contribution in [3.63, 3.8) is 0 Å². The Morgan fingerprint density at radius 1 is 1.18 bits per heavy atom. The molecule has 0 spiro atoms. The molecular weight excluding hydrogens is 212 g/mol. The first-order valence-electron chi connectivity index (χ1n) is 5.32. The molecular formula is C14H10N2O. The molecule has 0 radical (unpaired) electrons. The first-order valence-corrected chi connectivity index (χ1v) is 5.32. The van der Waals surface area contributed by atoms with Gasteiger partial charge >= 0.3 is 0 Å². The Balaban J connectivity index is 2.53. The number of nitrogens with zero attached hydrogens (tertiary/aromatic N) is 1. The summed E-state index contributed by atoms with van der Waals surface area (Å²) >= 11 is 0. The van der Waals surface area contributed by atoms with Crippen LogP contribution in [0.1, 0.15) is 5.56 Å². The maximum Gasteiger partial charge on any atom is 0.122 e. The molecule has 1 N–H and O–H groups in total. The molecule has 0 saturated heterocycles. The number of ether oxygens (including phenoxy) is 1. The largest absolute Gasteiger partial charge is 0.497 e. The number of fused-ring (bicyclic) bond motifs is 3. The van der Waals surface area contributed by atoms with Crippen LogP contribution in [0.5, 0.6) is 5.75 Å². The number of nitriles is 1. The molecule has 0 aliphatic carbocycles. The maximum atomic E-state index is 9.21. The molecule has 17 heavy (non-hydrogen) atoms. The minimum absolute atomic E-state index is 0.636. The third kappa shape index (κ3) is 1.35. The van der Waals surface area contributed by atoms with Crippen molar-refractivity contribution in [2.24, 2.45) is 0 Å². The van der Waals surface area contributed by atoms with Crippen molar-refractivity contribution in [3.05, 3.63) is 42.0 Å². The lowest BCUT2D eigenvalue weighted by Gasteiger charge is -2.01. The van der Waals surface area contributed by atoms with E-state index in [9.17, 15) is 5.26 Å². The van der Waals surface area contributed by atoms with Gasteiger partial charge < -0.3 is 9.72 Å². The molecule has 3 nitrogen and oxygen atoms in total. The second-order valence-corrected chi connectivity index (χ2v) is 3.88. The van der Waals surface area contributed by atoms with Crippen molar-refractivity contribution in [1.29, 1.82) is 5.26 Å². The summed E-state index contributed by atoms with van der Waals surface area (Å²) in [6.45, 7) is 0. The van der Waals surface area contributed by atoms with E-state index in [0.29, 0.717) is 11.3 Å². The molecule has 1 heterocycles. The van der Waals surface area contributed by atoms with E-state index in [1.54, 1.807) is 13.2 Å². The highest BCUT2D eigenvalue weighted by atomic mass is 16.5. The molecule has 2 aromatic carbocycles. The Kier molecular flexibility index (Phi) is 2.02. The molecule has 0 amide bonds. The smallest absolute Gasteiger partial charge is 0.122 e. The van der Waals surface area contributed by atoms with Crippen LogP contribution in [0, 0.1) is 11.3 Å². The lowest BCUT2D eigenvalue weighted by Crippen LogP contribution is -1.85. The monoisotopic (exact) mass is 222 g/mol. The minimum atomic E-state index is 0.636. The standard InChI is InChI=1S/C14H10N2O/c1-17-10-6-9(8-15)14-11-4-2-3-5-12(11)16-13(14)7-10/h2-7,16H,1H3. The predicted octanol–water partition coefficient (Wildman–Crippen LogP) is 3.20. The Morgan fingerprint density at radius 3 is 2.76 bits per heavy atom. The summed E-state index contributed by atoms with van der Waals surface area (Å²) in [5.74, 6) is 0.695. The first-order chi connectivity index (χ1) is 8.33. The molecule has 3 heteroatoms. The Bertz CT molecular complexity index is 750. The highest BCUT2D eigenvalue weighted by Gasteiger charge is 2.10. The van der Waals surface area contributed by atoms with Gasteiger partial charge in [0, 0.05) is 22.4 Å². The topological polar surface area (TPSA) is 48.8 Å². The second-order valence-electron chi connectivity index (χ2n) is 3.88. The van der Waals surface area contributed by atoms with Crippen molar-refractivity contribution in [2.75, 3.05) is 7.11 Å². The number of H-pyrrole nitrogens is 1. The normalized spacial score (nSPS) is 10.6. The number of methoxy groups -OCH3 is 1. The van der Waals surface area contributed by atoms with Crippen LogP contribution >= 0.6 is 0 Å². The van der Waals surface area contributed by atoms with Crippen LogP contribution in [0.4, 0.5) is 0 Å². The van der Waals surface area contributed by atoms with Gasteiger partial charge in [-0.05, 0) is 12.1 Å². The van der Waals surface area contributed by atoms with E-state index < -0.39 is 0 Å². The van der Waals surface area contributed by atoms with Crippen LogP contribution in [0.25, 0.3) is 21.8 Å². The van der Waals surface area contributed by atoms with Crippen molar-refractivity contribution in [1.82, 2.24) is 4.98 Å². The van der Waals surface area contributed by atoms with Crippen LogP contribution in [0.2, 0.25) is 0 Å². The molecule has 0 saturated carbocycles. The molecule has 0 aliphatic heterocycles. The van der Waals surface area contributed by atoms with Crippen LogP contribution < -0.4 is 4.74 Å². The van der Waals surface area contributed by atoms with Crippen LogP contribution in [-0.2, 0) is 0 Å². The number of aromatic nitrogens is 1. The molecule has 0 fully saturated rings. The lowest BCUT2D eigenvalue weighted by atomic mass is 10.1. The number of nitrogens with one attached hydrogen (secondary N) is 1. The SMILES string of the molecule is COc1cc(C#N)c2c(c1)[nH]c1ccccc12. The zero-order chi connectivity index (χ0) is 11.8.